The molecule has 0 N–H and O–H groups in total. The van der Waals surface area contributed by atoms with Crippen molar-refractivity contribution in [3.8, 4) is 5.75 Å². The molecule has 0 heterocycles. The van der Waals surface area contributed by atoms with Crippen LogP contribution in [0.15, 0.2) is 30.3 Å². The minimum Gasteiger partial charge on any atom is -0.483 e. The van der Waals surface area contributed by atoms with Gasteiger partial charge >= 0.3 is 0 Å². The average Bonchev–Trinajstić information content (AvgIpc) is 2.41. The molecule has 2 aromatic carbocycles. The van der Waals surface area contributed by atoms with Crippen LogP contribution in [0.3, 0.4) is 0 Å². The number of hydrogen-bond donors (Lipinski definition) is 0. The van der Waals surface area contributed by atoms with Gasteiger partial charge in [-0.25, -0.2) is 8.78 Å². The quantitative estimate of drug-likeness (QED) is 0.613. The summed E-state index contributed by atoms with van der Waals surface area (Å²) in [5.41, 5.74) is 1.17. The van der Waals surface area contributed by atoms with Crippen molar-refractivity contribution in [1.29, 1.82) is 0 Å². The zero-order chi connectivity index (χ0) is 14.7. The van der Waals surface area contributed by atoms with Crippen molar-refractivity contribution in [2.45, 2.75) is 11.9 Å². The summed E-state index contributed by atoms with van der Waals surface area (Å²) in [7, 11) is 0. The maximum Gasteiger partial charge on any atom is 0.191 e. The topological polar surface area (TPSA) is 9.23 Å². The van der Waals surface area contributed by atoms with Gasteiger partial charge in [0.15, 0.2) is 17.4 Å². The van der Waals surface area contributed by atoms with E-state index in [-0.39, 0.29) is 6.61 Å². The van der Waals surface area contributed by atoms with Crippen LogP contribution in [0, 0.1) is 11.6 Å². The molecule has 0 aliphatic heterocycles. The van der Waals surface area contributed by atoms with E-state index in [0.29, 0.717) is 26.5 Å². The summed E-state index contributed by atoms with van der Waals surface area (Å²) in [6, 6.07) is 7.32. The SMILES string of the molecule is Fc1cc(CBr)cc(F)c1OCc1ccc(Cl)c(Cl)c1. The average molecular weight is 382 g/mol. The van der Waals surface area contributed by atoms with Crippen LogP contribution in [0.1, 0.15) is 11.1 Å². The van der Waals surface area contributed by atoms with Crippen LogP contribution in [0.5, 0.6) is 5.75 Å². The number of halogens is 5. The van der Waals surface area contributed by atoms with Gasteiger partial charge in [-0.3, -0.25) is 0 Å². The highest BCUT2D eigenvalue weighted by Gasteiger charge is 2.13. The predicted molar refractivity (Wildman–Crippen MR) is 79.8 cm³/mol. The summed E-state index contributed by atoms with van der Waals surface area (Å²) in [5, 5.41) is 1.14. The van der Waals surface area contributed by atoms with Crippen LogP contribution >= 0.6 is 39.1 Å². The zero-order valence-electron chi connectivity index (χ0n) is 10.1. The first-order chi connectivity index (χ1) is 9.51. The highest BCUT2D eigenvalue weighted by molar-refractivity contribution is 9.08. The molecule has 0 radical (unpaired) electrons. The second-order valence-electron chi connectivity index (χ2n) is 4.06. The Bertz CT molecular complexity index is 612. The molecule has 2 rings (SSSR count). The molecule has 1 nitrogen and oxygen atoms in total. The van der Waals surface area contributed by atoms with Gasteiger partial charge in [0.05, 0.1) is 10.0 Å². The number of benzene rings is 2. The van der Waals surface area contributed by atoms with Gasteiger partial charge in [-0.05, 0) is 35.4 Å². The molecule has 0 unspecified atom stereocenters. The molecule has 0 amide bonds. The van der Waals surface area contributed by atoms with Crippen molar-refractivity contribution >= 4 is 39.1 Å². The lowest BCUT2D eigenvalue weighted by Gasteiger charge is -2.10. The van der Waals surface area contributed by atoms with E-state index in [4.69, 9.17) is 27.9 Å². The van der Waals surface area contributed by atoms with Gasteiger partial charge in [0, 0.05) is 5.33 Å². The third-order valence-electron chi connectivity index (χ3n) is 2.58. The highest BCUT2D eigenvalue weighted by Crippen LogP contribution is 2.27. The lowest BCUT2D eigenvalue weighted by atomic mass is 10.2. The van der Waals surface area contributed by atoms with Gasteiger partial charge in [-0.1, -0.05) is 45.2 Å². The van der Waals surface area contributed by atoms with E-state index in [1.165, 1.54) is 12.1 Å². The summed E-state index contributed by atoms with van der Waals surface area (Å²) in [5.74, 6) is -1.88. The fourth-order valence-electron chi connectivity index (χ4n) is 1.61. The van der Waals surface area contributed by atoms with E-state index in [0.717, 1.165) is 0 Å². The van der Waals surface area contributed by atoms with E-state index in [1.807, 2.05) is 0 Å². The fourth-order valence-corrected chi connectivity index (χ4v) is 2.26. The summed E-state index contributed by atoms with van der Waals surface area (Å²) in [6.45, 7) is -0.00160. The molecule has 0 atom stereocenters. The highest BCUT2D eigenvalue weighted by atomic mass is 79.9. The van der Waals surface area contributed by atoms with E-state index >= 15 is 0 Å². The Kier molecular flexibility index (Phi) is 5.24. The molecular weight excluding hydrogens is 373 g/mol. The molecule has 20 heavy (non-hydrogen) atoms. The molecule has 0 aliphatic rings. The zero-order valence-corrected chi connectivity index (χ0v) is 13.2. The lowest BCUT2D eigenvalue weighted by Crippen LogP contribution is -2.01. The normalized spacial score (nSPS) is 10.7. The molecule has 0 bridgehead atoms. The molecule has 0 saturated carbocycles. The molecule has 6 heteroatoms. The van der Waals surface area contributed by atoms with Crippen LogP contribution in [-0.2, 0) is 11.9 Å². The number of rotatable bonds is 4. The van der Waals surface area contributed by atoms with Crippen LogP contribution < -0.4 is 4.74 Å². The van der Waals surface area contributed by atoms with Gasteiger partial charge in [0.25, 0.3) is 0 Å². The Balaban J connectivity index is 2.16. The minimum absolute atomic E-state index is 0.00160. The number of hydrogen-bond acceptors (Lipinski definition) is 1. The van der Waals surface area contributed by atoms with Crippen molar-refractivity contribution in [3.63, 3.8) is 0 Å². The summed E-state index contributed by atoms with van der Waals surface area (Å²) in [6.07, 6.45) is 0. The molecule has 0 aromatic heterocycles. The van der Waals surface area contributed by atoms with Crippen LogP contribution in [0.2, 0.25) is 10.0 Å². The largest absolute Gasteiger partial charge is 0.483 e. The van der Waals surface area contributed by atoms with E-state index in [2.05, 4.69) is 15.9 Å². The fraction of sp³-hybridized carbons (Fsp3) is 0.143. The second kappa shape index (κ2) is 6.74. The summed E-state index contributed by atoms with van der Waals surface area (Å²) in [4.78, 5) is 0. The minimum atomic E-state index is -0.737. The van der Waals surface area contributed by atoms with Crippen molar-refractivity contribution in [3.05, 3.63) is 63.1 Å². The van der Waals surface area contributed by atoms with Crippen molar-refractivity contribution in [2.24, 2.45) is 0 Å². The van der Waals surface area contributed by atoms with E-state index in [1.54, 1.807) is 18.2 Å². The molecule has 0 aliphatic carbocycles. The number of ether oxygens (including phenoxy) is 1. The Labute approximate surface area is 133 Å². The predicted octanol–water partition coefficient (Wildman–Crippen LogP) is 5.75. The smallest absolute Gasteiger partial charge is 0.191 e. The van der Waals surface area contributed by atoms with Gasteiger partial charge in [0.2, 0.25) is 0 Å². The van der Waals surface area contributed by atoms with Gasteiger partial charge < -0.3 is 4.74 Å². The van der Waals surface area contributed by atoms with Gasteiger partial charge in [-0.15, -0.1) is 0 Å². The molecule has 0 fully saturated rings. The van der Waals surface area contributed by atoms with Crippen LogP contribution in [0.25, 0.3) is 0 Å². The first-order valence-electron chi connectivity index (χ1n) is 5.62. The first kappa shape index (κ1) is 15.5. The third kappa shape index (κ3) is 3.62. The maximum atomic E-state index is 13.7. The van der Waals surface area contributed by atoms with E-state index < -0.39 is 17.4 Å². The van der Waals surface area contributed by atoms with Crippen molar-refractivity contribution in [2.75, 3.05) is 0 Å². The Morgan fingerprint density at radius 3 is 2.15 bits per heavy atom. The van der Waals surface area contributed by atoms with Crippen LogP contribution in [0.4, 0.5) is 8.78 Å². The van der Waals surface area contributed by atoms with Crippen molar-refractivity contribution in [1.82, 2.24) is 0 Å². The third-order valence-corrected chi connectivity index (χ3v) is 3.97. The molecular formula is C14H9BrCl2F2O. The molecule has 0 spiro atoms. The maximum absolute atomic E-state index is 13.7. The van der Waals surface area contributed by atoms with Gasteiger partial charge in [0.1, 0.15) is 6.61 Å². The molecule has 0 saturated heterocycles. The first-order valence-corrected chi connectivity index (χ1v) is 7.49. The second-order valence-corrected chi connectivity index (χ2v) is 5.43. The van der Waals surface area contributed by atoms with E-state index in [9.17, 15) is 8.78 Å². The molecule has 2 aromatic rings. The van der Waals surface area contributed by atoms with Crippen LogP contribution in [-0.4, -0.2) is 0 Å². The Morgan fingerprint density at radius 1 is 0.950 bits per heavy atom. The Morgan fingerprint density at radius 2 is 1.60 bits per heavy atom. The van der Waals surface area contributed by atoms with Crippen molar-refractivity contribution < 1.29 is 13.5 Å². The molecule has 106 valence electrons. The summed E-state index contributed by atoms with van der Waals surface area (Å²) >= 11 is 14.8. The lowest BCUT2D eigenvalue weighted by molar-refractivity contribution is 0.274. The Hall–Kier alpha value is -0.840. The standard InChI is InChI=1S/C14H9BrCl2F2O/c15-6-9-4-12(18)14(13(19)5-9)20-7-8-1-2-10(16)11(17)3-8/h1-5H,6-7H2. The summed E-state index contributed by atoms with van der Waals surface area (Å²) < 4.78 is 32.6. The number of alkyl halides is 1. The monoisotopic (exact) mass is 380 g/mol. The van der Waals surface area contributed by atoms with Gasteiger partial charge in [-0.2, -0.15) is 0 Å².